The summed E-state index contributed by atoms with van der Waals surface area (Å²) in [6.45, 7) is 5.05. The number of carbonyl (C=O) groups excluding carboxylic acids is 2. The van der Waals surface area contributed by atoms with Gasteiger partial charge in [0.15, 0.2) is 0 Å². The van der Waals surface area contributed by atoms with Crippen LogP contribution in [-0.4, -0.2) is 35.5 Å². The molecule has 2 aromatic rings. The molecular weight excluding hydrogens is 326 g/mol. The monoisotopic (exact) mass is 351 g/mol. The van der Waals surface area contributed by atoms with E-state index in [1.807, 2.05) is 74.5 Å². The van der Waals surface area contributed by atoms with Gasteiger partial charge >= 0.3 is 6.03 Å². The van der Waals surface area contributed by atoms with Crippen molar-refractivity contribution in [1.29, 1.82) is 0 Å². The van der Waals surface area contributed by atoms with Crippen LogP contribution in [0.3, 0.4) is 0 Å². The Kier molecular flexibility index (Phi) is 5.56. The first-order valence-electron chi connectivity index (χ1n) is 9.01. The van der Waals surface area contributed by atoms with Gasteiger partial charge in [0, 0.05) is 31.2 Å². The Labute approximate surface area is 154 Å². The molecule has 0 spiro atoms. The van der Waals surface area contributed by atoms with Gasteiger partial charge in [-0.15, -0.1) is 0 Å². The van der Waals surface area contributed by atoms with Crippen LogP contribution in [0.25, 0.3) is 0 Å². The van der Waals surface area contributed by atoms with Gasteiger partial charge in [0.2, 0.25) is 5.91 Å². The van der Waals surface area contributed by atoms with Crippen LogP contribution >= 0.6 is 0 Å². The molecule has 3 amide bonds. The van der Waals surface area contributed by atoms with Crippen LogP contribution in [-0.2, 0) is 11.3 Å². The van der Waals surface area contributed by atoms with Gasteiger partial charge in [-0.05, 0) is 31.5 Å². The van der Waals surface area contributed by atoms with E-state index >= 15 is 0 Å². The number of anilines is 1. The lowest BCUT2D eigenvalue weighted by Crippen LogP contribution is -2.48. The molecular formula is C21H25N3O2. The van der Waals surface area contributed by atoms with E-state index in [1.165, 1.54) is 0 Å². The minimum atomic E-state index is -0.174. The third kappa shape index (κ3) is 4.23. The first-order chi connectivity index (χ1) is 12.5. The first-order valence-corrected chi connectivity index (χ1v) is 9.01. The number of rotatable bonds is 5. The number of para-hydroxylation sites is 1. The van der Waals surface area contributed by atoms with E-state index < -0.39 is 0 Å². The number of hydrogen-bond acceptors (Lipinski definition) is 2. The average molecular weight is 351 g/mol. The maximum Gasteiger partial charge on any atom is 0.318 e. The molecule has 0 saturated carbocycles. The molecule has 1 fully saturated rings. The molecule has 5 heteroatoms. The number of urea groups is 1. The summed E-state index contributed by atoms with van der Waals surface area (Å²) in [5.74, 6) is 0.0423. The SMILES string of the molecule is CC(C)N(Cc1ccccc1)C(=O)N[C@H]1CC(=O)N(c2ccccc2)C1. The van der Waals surface area contributed by atoms with Gasteiger partial charge in [0.05, 0.1) is 6.04 Å². The normalized spacial score (nSPS) is 16.8. The van der Waals surface area contributed by atoms with E-state index in [2.05, 4.69) is 5.32 Å². The van der Waals surface area contributed by atoms with Gasteiger partial charge in [0.1, 0.15) is 0 Å². The molecule has 136 valence electrons. The second-order valence-corrected chi connectivity index (χ2v) is 6.90. The van der Waals surface area contributed by atoms with Gasteiger partial charge in [0.25, 0.3) is 0 Å². The Morgan fingerprint density at radius 2 is 1.73 bits per heavy atom. The standard InChI is InChI=1S/C21H25N3O2/c1-16(2)23(14-17-9-5-3-6-10-17)21(26)22-18-13-20(25)24(15-18)19-11-7-4-8-12-19/h3-12,16,18H,13-15H2,1-2H3,(H,22,26)/t18-/m0/s1. The fraction of sp³-hybridized carbons (Fsp3) is 0.333. The van der Waals surface area contributed by atoms with Crippen LogP contribution in [0, 0.1) is 0 Å². The number of amides is 3. The highest BCUT2D eigenvalue weighted by Gasteiger charge is 2.32. The van der Waals surface area contributed by atoms with E-state index in [0.717, 1.165) is 11.3 Å². The fourth-order valence-corrected chi connectivity index (χ4v) is 3.19. The molecule has 0 unspecified atom stereocenters. The molecule has 26 heavy (non-hydrogen) atoms. The minimum absolute atomic E-state index is 0.0423. The summed E-state index contributed by atoms with van der Waals surface area (Å²) >= 11 is 0. The highest BCUT2D eigenvalue weighted by molar-refractivity contribution is 5.96. The molecule has 1 heterocycles. The lowest BCUT2D eigenvalue weighted by molar-refractivity contribution is -0.117. The number of nitrogens with one attached hydrogen (secondary N) is 1. The van der Waals surface area contributed by atoms with E-state index in [4.69, 9.17) is 0 Å². The van der Waals surface area contributed by atoms with E-state index in [9.17, 15) is 9.59 Å². The summed E-state index contributed by atoms with van der Waals surface area (Å²) in [6.07, 6.45) is 0.331. The van der Waals surface area contributed by atoms with Gasteiger partial charge in [-0.25, -0.2) is 4.79 Å². The highest BCUT2D eigenvalue weighted by Crippen LogP contribution is 2.21. The fourth-order valence-electron chi connectivity index (χ4n) is 3.19. The van der Waals surface area contributed by atoms with Crippen LogP contribution in [0.15, 0.2) is 60.7 Å². The van der Waals surface area contributed by atoms with Crippen LogP contribution in [0.2, 0.25) is 0 Å². The third-order valence-corrected chi connectivity index (χ3v) is 4.60. The largest absolute Gasteiger partial charge is 0.333 e. The summed E-state index contributed by atoms with van der Waals surface area (Å²) < 4.78 is 0. The minimum Gasteiger partial charge on any atom is -0.333 e. The molecule has 0 aromatic heterocycles. The first kappa shape index (κ1) is 18.0. The molecule has 0 radical (unpaired) electrons. The van der Waals surface area contributed by atoms with E-state index in [-0.39, 0.29) is 24.0 Å². The smallest absolute Gasteiger partial charge is 0.318 e. The summed E-state index contributed by atoms with van der Waals surface area (Å²) in [4.78, 5) is 28.6. The molecule has 1 aliphatic rings. The molecule has 5 nitrogen and oxygen atoms in total. The quantitative estimate of drug-likeness (QED) is 0.897. The zero-order chi connectivity index (χ0) is 18.5. The summed E-state index contributed by atoms with van der Waals surface area (Å²) in [7, 11) is 0. The lowest BCUT2D eigenvalue weighted by Gasteiger charge is -2.28. The third-order valence-electron chi connectivity index (χ3n) is 4.60. The van der Waals surface area contributed by atoms with Crippen molar-refractivity contribution in [1.82, 2.24) is 10.2 Å². The van der Waals surface area contributed by atoms with E-state index in [0.29, 0.717) is 19.5 Å². The zero-order valence-electron chi connectivity index (χ0n) is 15.3. The number of benzene rings is 2. The Bertz CT molecular complexity index is 746. The summed E-state index contributed by atoms with van der Waals surface area (Å²) in [6, 6.07) is 19.3. The van der Waals surface area contributed by atoms with Crippen LogP contribution in [0.5, 0.6) is 0 Å². The molecule has 3 rings (SSSR count). The Morgan fingerprint density at radius 1 is 1.12 bits per heavy atom. The molecule has 2 aromatic carbocycles. The zero-order valence-corrected chi connectivity index (χ0v) is 15.3. The molecule has 1 N–H and O–H groups in total. The van der Waals surface area contributed by atoms with Crippen molar-refractivity contribution >= 4 is 17.6 Å². The molecule has 1 atom stereocenters. The van der Waals surface area contributed by atoms with Crippen molar-refractivity contribution in [2.45, 2.75) is 38.9 Å². The van der Waals surface area contributed by atoms with Crippen LogP contribution in [0.4, 0.5) is 10.5 Å². The van der Waals surface area contributed by atoms with Gasteiger partial charge in [-0.2, -0.15) is 0 Å². The lowest BCUT2D eigenvalue weighted by atomic mass is 10.2. The summed E-state index contributed by atoms with van der Waals surface area (Å²) in [5, 5.41) is 3.04. The predicted octanol–water partition coefficient (Wildman–Crippen LogP) is 3.41. The van der Waals surface area contributed by atoms with Crippen molar-refractivity contribution in [2.75, 3.05) is 11.4 Å². The van der Waals surface area contributed by atoms with Gasteiger partial charge in [-0.3, -0.25) is 4.79 Å². The van der Waals surface area contributed by atoms with Crippen molar-refractivity contribution in [3.63, 3.8) is 0 Å². The number of carbonyl (C=O) groups is 2. The van der Waals surface area contributed by atoms with Crippen molar-refractivity contribution in [3.8, 4) is 0 Å². The second-order valence-electron chi connectivity index (χ2n) is 6.90. The van der Waals surface area contributed by atoms with Crippen molar-refractivity contribution < 1.29 is 9.59 Å². The summed E-state index contributed by atoms with van der Waals surface area (Å²) in [5.41, 5.74) is 1.96. The maximum absolute atomic E-state index is 12.8. The Morgan fingerprint density at radius 3 is 2.35 bits per heavy atom. The van der Waals surface area contributed by atoms with Crippen LogP contribution < -0.4 is 10.2 Å². The Hall–Kier alpha value is -2.82. The Balaban J connectivity index is 1.64. The number of hydrogen-bond donors (Lipinski definition) is 1. The average Bonchev–Trinajstić information content (AvgIpc) is 3.01. The van der Waals surface area contributed by atoms with Gasteiger partial charge in [-0.1, -0.05) is 48.5 Å². The topological polar surface area (TPSA) is 52.7 Å². The molecule has 0 bridgehead atoms. The molecule has 0 aliphatic carbocycles. The number of nitrogens with zero attached hydrogens (tertiary/aromatic N) is 2. The molecule has 1 aliphatic heterocycles. The maximum atomic E-state index is 12.8. The second kappa shape index (κ2) is 8.04. The van der Waals surface area contributed by atoms with Crippen molar-refractivity contribution in [2.24, 2.45) is 0 Å². The molecule has 1 saturated heterocycles. The predicted molar refractivity (Wildman–Crippen MR) is 103 cm³/mol. The van der Waals surface area contributed by atoms with Gasteiger partial charge < -0.3 is 15.1 Å². The van der Waals surface area contributed by atoms with Crippen LogP contribution in [0.1, 0.15) is 25.8 Å². The highest BCUT2D eigenvalue weighted by atomic mass is 16.2. The van der Waals surface area contributed by atoms with Crippen molar-refractivity contribution in [3.05, 3.63) is 66.2 Å². The van der Waals surface area contributed by atoms with E-state index in [1.54, 1.807) is 9.80 Å².